The van der Waals surface area contributed by atoms with E-state index < -0.39 is 5.82 Å². The van der Waals surface area contributed by atoms with Crippen LogP contribution in [0.1, 0.15) is 69.1 Å². The number of aromatic nitrogens is 3. The van der Waals surface area contributed by atoms with Gasteiger partial charge in [0.25, 0.3) is 5.91 Å². The van der Waals surface area contributed by atoms with Crippen molar-refractivity contribution >= 4 is 23.2 Å². The number of carbonyl (C=O) groups is 2. The van der Waals surface area contributed by atoms with Crippen LogP contribution in [0.25, 0.3) is 16.9 Å². The van der Waals surface area contributed by atoms with Crippen LogP contribution in [-0.2, 0) is 16.0 Å². The first-order valence-corrected chi connectivity index (χ1v) is 14.1. The standard InChI is InChI=1S/C30H38FN5O3/c1-19(2)14-23-16-27(29(37)35-12-7-5-6-8-20(35)3)32-28-17-26(33-36(23)28)24-10-9-22(15-25(24)31)34-13-11-21(18-34)30(38)39-4/h9-10,15-17,19-21H,5-8,11-14,18H2,1-4H3/t20-,21+/m1/s1. The summed E-state index contributed by atoms with van der Waals surface area (Å²) < 4.78 is 22.0. The quantitative estimate of drug-likeness (QED) is 0.407. The number of halogens is 1. The third kappa shape index (κ3) is 5.63. The average molecular weight is 536 g/mol. The van der Waals surface area contributed by atoms with Gasteiger partial charge >= 0.3 is 5.97 Å². The number of carbonyl (C=O) groups excluding carboxylic acids is 2. The van der Waals surface area contributed by atoms with E-state index in [-0.39, 0.29) is 23.8 Å². The van der Waals surface area contributed by atoms with E-state index in [2.05, 4.69) is 20.8 Å². The third-order valence-electron chi connectivity index (χ3n) is 7.97. The van der Waals surface area contributed by atoms with E-state index in [0.29, 0.717) is 54.4 Å². The van der Waals surface area contributed by atoms with Crippen LogP contribution in [0.4, 0.5) is 10.1 Å². The molecule has 0 radical (unpaired) electrons. The van der Waals surface area contributed by atoms with Gasteiger partial charge in [-0.2, -0.15) is 5.10 Å². The number of hydrogen-bond donors (Lipinski definition) is 0. The summed E-state index contributed by atoms with van der Waals surface area (Å²) in [4.78, 5) is 34.1. The van der Waals surface area contributed by atoms with Crippen LogP contribution >= 0.6 is 0 Å². The lowest BCUT2D eigenvalue weighted by Crippen LogP contribution is -2.38. The molecule has 2 aliphatic heterocycles. The predicted octanol–water partition coefficient (Wildman–Crippen LogP) is 5.14. The van der Waals surface area contributed by atoms with E-state index in [1.165, 1.54) is 13.2 Å². The normalized spacial score (nSPS) is 20.1. The zero-order valence-corrected chi connectivity index (χ0v) is 23.3. The van der Waals surface area contributed by atoms with Crippen LogP contribution in [0, 0.1) is 17.7 Å². The molecule has 5 rings (SSSR count). The topological polar surface area (TPSA) is 80.0 Å². The fraction of sp³-hybridized carbons (Fsp3) is 0.533. The largest absolute Gasteiger partial charge is 0.469 e. The summed E-state index contributed by atoms with van der Waals surface area (Å²) in [5, 5.41) is 4.73. The van der Waals surface area contributed by atoms with E-state index >= 15 is 4.39 Å². The number of amides is 1. The van der Waals surface area contributed by atoms with Crippen LogP contribution in [0.2, 0.25) is 0 Å². The molecule has 39 heavy (non-hydrogen) atoms. The number of hydrogen-bond acceptors (Lipinski definition) is 6. The molecule has 1 aromatic carbocycles. The molecule has 4 heterocycles. The number of esters is 1. The van der Waals surface area contributed by atoms with Crippen molar-refractivity contribution in [3.8, 4) is 11.3 Å². The summed E-state index contributed by atoms with van der Waals surface area (Å²) in [5.41, 5.74) is 3.41. The first-order valence-electron chi connectivity index (χ1n) is 14.1. The van der Waals surface area contributed by atoms with Gasteiger partial charge in [-0.1, -0.05) is 26.7 Å². The number of ether oxygens (including phenoxy) is 1. The Morgan fingerprint density at radius 3 is 2.67 bits per heavy atom. The van der Waals surface area contributed by atoms with Gasteiger partial charge in [0.2, 0.25) is 0 Å². The molecule has 208 valence electrons. The fourth-order valence-electron chi connectivity index (χ4n) is 5.83. The molecule has 9 heteroatoms. The van der Waals surface area contributed by atoms with Crippen molar-refractivity contribution < 1.29 is 18.7 Å². The lowest BCUT2D eigenvalue weighted by atomic mass is 10.1. The van der Waals surface area contributed by atoms with Crippen molar-refractivity contribution in [1.82, 2.24) is 19.5 Å². The van der Waals surface area contributed by atoms with Crippen molar-refractivity contribution in [3.63, 3.8) is 0 Å². The SMILES string of the molecule is COC(=O)[C@H]1CCN(c2ccc(-c3cc4nc(C(=O)N5CCCCC[C@H]5C)cc(CC(C)C)n4n3)c(F)c2)C1. The second kappa shape index (κ2) is 11.3. The maximum absolute atomic E-state index is 15.4. The summed E-state index contributed by atoms with van der Waals surface area (Å²) in [6.07, 6.45) is 5.68. The zero-order valence-electron chi connectivity index (χ0n) is 23.3. The van der Waals surface area contributed by atoms with E-state index in [1.54, 1.807) is 16.6 Å². The molecule has 0 N–H and O–H groups in total. The number of anilines is 1. The third-order valence-corrected chi connectivity index (χ3v) is 7.97. The minimum absolute atomic E-state index is 0.0499. The molecule has 8 nitrogen and oxygen atoms in total. The second-order valence-corrected chi connectivity index (χ2v) is 11.3. The summed E-state index contributed by atoms with van der Waals surface area (Å²) in [5.74, 6) is -0.528. The first-order chi connectivity index (χ1) is 18.7. The molecular formula is C30H38FN5O3. The molecule has 2 saturated heterocycles. The van der Waals surface area contributed by atoms with Crippen molar-refractivity contribution in [1.29, 1.82) is 0 Å². The van der Waals surface area contributed by atoms with Crippen LogP contribution in [0.5, 0.6) is 0 Å². The summed E-state index contributed by atoms with van der Waals surface area (Å²) in [7, 11) is 1.39. The number of nitrogens with zero attached hydrogens (tertiary/aromatic N) is 5. The van der Waals surface area contributed by atoms with Crippen LogP contribution in [-0.4, -0.2) is 64.2 Å². The van der Waals surface area contributed by atoms with Crippen LogP contribution < -0.4 is 4.90 Å². The molecule has 0 spiro atoms. The van der Waals surface area contributed by atoms with Crippen LogP contribution in [0.3, 0.4) is 0 Å². The highest BCUT2D eigenvalue weighted by Crippen LogP contribution is 2.31. The number of likely N-dealkylation sites (tertiary alicyclic amines) is 1. The summed E-state index contributed by atoms with van der Waals surface area (Å²) in [6, 6.07) is 8.88. The molecule has 0 unspecified atom stereocenters. The molecule has 0 aliphatic carbocycles. The Bertz CT molecular complexity index is 1370. The van der Waals surface area contributed by atoms with Gasteiger partial charge < -0.3 is 14.5 Å². The van der Waals surface area contributed by atoms with E-state index in [1.807, 2.05) is 21.9 Å². The number of methoxy groups -OCH3 is 1. The lowest BCUT2D eigenvalue weighted by Gasteiger charge is -2.27. The van der Waals surface area contributed by atoms with Crippen molar-refractivity contribution in [2.75, 3.05) is 31.6 Å². The molecule has 2 fully saturated rings. The molecular weight excluding hydrogens is 497 g/mol. The monoisotopic (exact) mass is 535 g/mol. The molecule has 2 atom stereocenters. The Morgan fingerprint density at radius 2 is 1.92 bits per heavy atom. The van der Waals surface area contributed by atoms with Gasteiger partial charge in [0.15, 0.2) is 5.65 Å². The fourth-order valence-corrected chi connectivity index (χ4v) is 5.83. The van der Waals surface area contributed by atoms with Gasteiger partial charge in [0.1, 0.15) is 11.5 Å². The maximum Gasteiger partial charge on any atom is 0.310 e. The first kappa shape index (κ1) is 27.1. The highest BCUT2D eigenvalue weighted by atomic mass is 19.1. The Balaban J connectivity index is 1.46. The number of rotatable bonds is 6. The Morgan fingerprint density at radius 1 is 1.10 bits per heavy atom. The summed E-state index contributed by atoms with van der Waals surface area (Å²) in [6.45, 7) is 8.27. The van der Waals surface area contributed by atoms with Crippen LogP contribution in [0.15, 0.2) is 30.3 Å². The molecule has 0 bridgehead atoms. The highest BCUT2D eigenvalue weighted by Gasteiger charge is 2.30. The van der Waals surface area contributed by atoms with Gasteiger partial charge in [-0.25, -0.2) is 13.9 Å². The lowest BCUT2D eigenvalue weighted by molar-refractivity contribution is -0.144. The number of benzene rings is 1. The van der Waals surface area contributed by atoms with Gasteiger partial charge in [-0.05, 0) is 62.8 Å². The Kier molecular flexibility index (Phi) is 7.86. The molecule has 3 aromatic rings. The number of fused-ring (bicyclic) bond motifs is 1. The average Bonchev–Trinajstić information content (AvgIpc) is 3.52. The smallest absolute Gasteiger partial charge is 0.310 e. The van der Waals surface area contributed by atoms with Gasteiger partial charge in [-0.15, -0.1) is 0 Å². The highest BCUT2D eigenvalue weighted by molar-refractivity contribution is 5.93. The zero-order chi connectivity index (χ0) is 27.7. The Labute approximate surface area is 229 Å². The molecule has 2 aromatic heterocycles. The van der Waals surface area contributed by atoms with Gasteiger partial charge in [-0.3, -0.25) is 9.59 Å². The minimum Gasteiger partial charge on any atom is -0.469 e. The van der Waals surface area contributed by atoms with Gasteiger partial charge in [0, 0.05) is 48.7 Å². The molecule has 0 saturated carbocycles. The van der Waals surface area contributed by atoms with Crippen molar-refractivity contribution in [2.45, 2.75) is 65.3 Å². The van der Waals surface area contributed by atoms with E-state index in [4.69, 9.17) is 14.8 Å². The molecule has 2 aliphatic rings. The maximum atomic E-state index is 15.4. The second-order valence-electron chi connectivity index (χ2n) is 11.3. The van der Waals surface area contributed by atoms with Gasteiger partial charge in [0.05, 0.1) is 18.7 Å². The van der Waals surface area contributed by atoms with Crippen molar-refractivity contribution in [2.24, 2.45) is 11.8 Å². The van der Waals surface area contributed by atoms with E-state index in [0.717, 1.165) is 43.6 Å². The Hall–Kier alpha value is -3.49. The predicted molar refractivity (Wildman–Crippen MR) is 148 cm³/mol. The van der Waals surface area contributed by atoms with Crippen molar-refractivity contribution in [3.05, 3.63) is 47.5 Å². The van der Waals surface area contributed by atoms with E-state index in [9.17, 15) is 9.59 Å². The minimum atomic E-state index is -0.391. The summed E-state index contributed by atoms with van der Waals surface area (Å²) >= 11 is 0. The molecule has 1 amide bonds.